The Labute approximate surface area is 385 Å². The highest BCUT2D eigenvalue weighted by molar-refractivity contribution is 7.92. The summed E-state index contributed by atoms with van der Waals surface area (Å²) in [5, 5.41) is 53.8. The maximum Gasteiger partial charge on any atom is 0.315 e. The smallest absolute Gasteiger partial charge is 0.315 e. The number of aromatic hydroxyl groups is 1. The standard InChI is InChI=1S/C31H29FN10O19S6/c32-29-36-30(34-17-1-4-19(5-2-17)64(46,47)11-9-56-62-60-58-44)38-31(37-29)35-18-3-8-27(66(50,51)52)25(13-18)42-40-23-16-24(26(43)15-21(23)33)41-39-22-7-6-20(14-28(22)67(53,54)55)65(48,49)12-10-57-63-61-59-45/h1-8,13-16,43-45H,9-12,33H2,(H,50,51,52)(H,53,54,55)(H2,34,35,36,37,38)/b41-39+,42-40+. The van der Waals surface area contributed by atoms with E-state index >= 15 is 0 Å². The summed E-state index contributed by atoms with van der Waals surface area (Å²) in [6.45, 7) is -0.844. The number of hydrogen-bond donors (Lipinski definition) is 8. The summed E-state index contributed by atoms with van der Waals surface area (Å²) < 4.78 is 151. The van der Waals surface area contributed by atoms with E-state index in [0.717, 1.165) is 42.5 Å². The maximum absolute atomic E-state index is 14.6. The van der Waals surface area contributed by atoms with Gasteiger partial charge in [-0.3, -0.25) is 17.5 Å². The van der Waals surface area contributed by atoms with Crippen LogP contribution in [0, 0.1) is 6.08 Å². The van der Waals surface area contributed by atoms with Gasteiger partial charge < -0.3 is 21.5 Å². The van der Waals surface area contributed by atoms with Crippen LogP contribution < -0.4 is 16.4 Å². The molecule has 1 aromatic heterocycles. The predicted octanol–water partition coefficient (Wildman–Crippen LogP) is 5.66. The van der Waals surface area contributed by atoms with Crippen LogP contribution in [0.5, 0.6) is 5.75 Å². The van der Waals surface area contributed by atoms with Crippen molar-refractivity contribution in [2.24, 2.45) is 20.5 Å². The molecule has 0 aliphatic heterocycles. The Bertz CT molecular complexity index is 3100. The van der Waals surface area contributed by atoms with Crippen molar-refractivity contribution in [2.45, 2.75) is 19.6 Å². The second kappa shape index (κ2) is 22.9. The van der Waals surface area contributed by atoms with Gasteiger partial charge in [0.15, 0.2) is 44.3 Å². The third-order valence-electron chi connectivity index (χ3n) is 7.88. The molecule has 0 atom stereocenters. The van der Waals surface area contributed by atoms with Gasteiger partial charge in [0.25, 0.3) is 20.2 Å². The Morgan fingerprint density at radius 2 is 1.10 bits per heavy atom. The molecule has 9 N–H and O–H groups in total. The highest BCUT2D eigenvalue weighted by atomic mass is 32.2. The first kappa shape index (κ1) is 52.3. The van der Waals surface area contributed by atoms with Gasteiger partial charge in [-0.2, -0.15) is 36.2 Å². The average molecular weight is 1060 g/mol. The summed E-state index contributed by atoms with van der Waals surface area (Å²) >= 11 is 0.304. The molecule has 0 bridgehead atoms. The fraction of sp³-hybridized carbons (Fsp3) is 0.129. The van der Waals surface area contributed by atoms with E-state index in [1.807, 2.05) is 0 Å². The van der Waals surface area contributed by atoms with E-state index in [1.165, 1.54) is 24.3 Å². The Morgan fingerprint density at radius 1 is 0.597 bits per heavy atom. The highest BCUT2D eigenvalue weighted by Crippen LogP contribution is 2.39. The number of anilines is 5. The van der Waals surface area contributed by atoms with Crippen LogP contribution in [-0.4, -0.2) is 98.1 Å². The maximum atomic E-state index is 14.6. The van der Waals surface area contributed by atoms with Gasteiger partial charge in [-0.05, 0) is 66.7 Å². The number of hydrogen-bond acceptors (Lipinski definition) is 29. The van der Waals surface area contributed by atoms with Crippen molar-refractivity contribution in [2.75, 3.05) is 41.1 Å². The van der Waals surface area contributed by atoms with E-state index in [1.54, 1.807) is 0 Å². The first-order valence-electron chi connectivity index (χ1n) is 17.3. The van der Waals surface area contributed by atoms with Crippen LogP contribution in [0.2, 0.25) is 0 Å². The molecule has 0 saturated heterocycles. The second-order valence-corrected chi connectivity index (χ2v) is 20.3. The summed E-state index contributed by atoms with van der Waals surface area (Å²) in [6.07, 6.45) is -1.29. The first-order chi connectivity index (χ1) is 31.6. The lowest BCUT2D eigenvalue weighted by atomic mass is 10.2. The van der Waals surface area contributed by atoms with Crippen molar-refractivity contribution >= 4 is 116 Å². The van der Waals surface area contributed by atoms with Gasteiger partial charge in [-0.25, -0.2) is 27.4 Å². The van der Waals surface area contributed by atoms with E-state index < -0.39 is 108 Å². The summed E-state index contributed by atoms with van der Waals surface area (Å²) in [5.41, 5.74) is 3.93. The molecule has 0 amide bonds. The van der Waals surface area contributed by atoms with E-state index in [-0.39, 0.29) is 64.8 Å². The number of halogens is 1. The molecular weight excluding hydrogens is 1030 g/mol. The minimum Gasteiger partial charge on any atom is -0.506 e. The number of nitrogens with zero attached hydrogens (tertiary/aromatic N) is 7. The molecule has 0 aliphatic rings. The molecule has 0 unspecified atom stereocenters. The summed E-state index contributed by atoms with van der Waals surface area (Å²) in [7, 11) is -18.2. The van der Waals surface area contributed by atoms with Gasteiger partial charge >= 0.3 is 6.08 Å². The van der Waals surface area contributed by atoms with Crippen LogP contribution in [-0.2, 0) is 67.0 Å². The predicted molar refractivity (Wildman–Crippen MR) is 227 cm³/mol. The Balaban J connectivity index is 1.36. The zero-order valence-corrected chi connectivity index (χ0v) is 37.6. The molecule has 29 nitrogen and oxygen atoms in total. The Kier molecular flexibility index (Phi) is 17.9. The van der Waals surface area contributed by atoms with Crippen LogP contribution in [0.4, 0.5) is 56.1 Å². The molecule has 1 heterocycles. The van der Waals surface area contributed by atoms with Gasteiger partial charge in [0.05, 0.1) is 40.2 Å². The molecule has 0 spiro atoms. The minimum absolute atomic E-state index is 0.0537. The number of aromatic nitrogens is 3. The van der Waals surface area contributed by atoms with Gasteiger partial charge in [0, 0.05) is 17.4 Å². The van der Waals surface area contributed by atoms with Crippen LogP contribution in [0.1, 0.15) is 0 Å². The zero-order chi connectivity index (χ0) is 49.0. The van der Waals surface area contributed by atoms with Crippen LogP contribution in [0.25, 0.3) is 0 Å². The lowest BCUT2D eigenvalue weighted by Gasteiger charge is -2.10. The van der Waals surface area contributed by atoms with Crippen molar-refractivity contribution in [3.05, 3.63) is 78.9 Å². The number of nitrogen functional groups attached to an aromatic ring is 1. The number of sulfone groups is 2. The molecule has 4 aromatic carbocycles. The minimum atomic E-state index is -5.16. The number of azo groups is 2. The van der Waals surface area contributed by atoms with Crippen molar-refractivity contribution in [1.29, 1.82) is 0 Å². The molecule has 360 valence electrons. The van der Waals surface area contributed by atoms with E-state index in [0.29, 0.717) is 6.07 Å². The van der Waals surface area contributed by atoms with Crippen molar-refractivity contribution in [3.8, 4) is 5.75 Å². The second-order valence-electron chi connectivity index (χ2n) is 12.3. The van der Waals surface area contributed by atoms with E-state index in [9.17, 15) is 52.3 Å². The summed E-state index contributed by atoms with van der Waals surface area (Å²) in [6, 6.07) is 12.4. The highest BCUT2D eigenvalue weighted by Gasteiger charge is 2.23. The third kappa shape index (κ3) is 15.2. The molecular formula is C31H29FN10O19S6. The molecule has 5 aromatic rings. The van der Waals surface area contributed by atoms with Crippen LogP contribution >= 0.6 is 24.6 Å². The van der Waals surface area contributed by atoms with Crippen molar-refractivity contribution in [3.63, 3.8) is 0 Å². The van der Waals surface area contributed by atoms with Gasteiger partial charge in [0.1, 0.15) is 38.3 Å². The number of phenolic OH excluding ortho intramolecular Hbond substituents is 1. The number of nitrogens with one attached hydrogen (secondary N) is 2. The number of phenols is 1. The summed E-state index contributed by atoms with van der Waals surface area (Å²) in [4.78, 5) is 8.64. The summed E-state index contributed by atoms with van der Waals surface area (Å²) in [5.74, 6) is -2.66. The quantitative estimate of drug-likeness (QED) is 0.00702. The SMILES string of the molecule is Nc1cc(O)c(/N=N/c2ccc(S(=O)(=O)CCOSOOO)cc2S(=O)(=O)O)cc1/N=N/c1cc(Nc2nc(F)nc(Nc3ccc(S(=O)(=O)CCOSOOO)cc3)n2)ccc1S(=O)(=O)O. The number of nitrogens with two attached hydrogens (primary N) is 1. The van der Waals surface area contributed by atoms with Crippen molar-refractivity contribution < 1.29 is 89.9 Å². The van der Waals surface area contributed by atoms with E-state index in [2.05, 4.69) is 64.8 Å². The molecule has 36 heteroatoms. The largest absolute Gasteiger partial charge is 0.506 e. The molecule has 0 radical (unpaired) electrons. The van der Waals surface area contributed by atoms with Crippen LogP contribution in [0.3, 0.4) is 0 Å². The molecule has 5 rings (SSSR count). The van der Waals surface area contributed by atoms with Crippen LogP contribution in [0.15, 0.2) is 113 Å². The third-order valence-corrected chi connectivity index (χ3v) is 13.8. The fourth-order valence-electron chi connectivity index (χ4n) is 4.95. The molecule has 0 aliphatic carbocycles. The Hall–Kier alpha value is -5.68. The van der Waals surface area contributed by atoms with Crippen molar-refractivity contribution in [1.82, 2.24) is 15.0 Å². The van der Waals surface area contributed by atoms with E-state index in [4.69, 9.17) is 24.6 Å². The topological polar surface area (TPSA) is 431 Å². The molecule has 67 heavy (non-hydrogen) atoms. The van der Waals surface area contributed by atoms with Gasteiger partial charge in [-0.15, -0.1) is 29.1 Å². The molecule has 0 fully saturated rings. The van der Waals surface area contributed by atoms with Gasteiger partial charge in [0.2, 0.25) is 11.9 Å². The monoisotopic (exact) mass is 1060 g/mol. The lowest BCUT2D eigenvalue weighted by Crippen LogP contribution is -2.12. The zero-order valence-electron chi connectivity index (χ0n) is 32.7. The van der Waals surface area contributed by atoms with Gasteiger partial charge in [-0.1, -0.05) is 10.1 Å². The molecule has 0 saturated carbocycles. The lowest BCUT2D eigenvalue weighted by molar-refractivity contribution is -0.434. The fourth-order valence-corrected chi connectivity index (χ4v) is 9.12. The first-order valence-corrected chi connectivity index (χ1v) is 24.8. The average Bonchev–Trinajstić information content (AvgIpc) is 3.25. The number of benzene rings is 4. The normalized spacial score (nSPS) is 12.6. The number of rotatable bonds is 24. The Morgan fingerprint density at radius 3 is 1.69 bits per heavy atom.